The second-order valence-corrected chi connectivity index (χ2v) is 4.43. The van der Waals surface area contributed by atoms with Crippen LogP contribution in [0.3, 0.4) is 0 Å². The lowest BCUT2D eigenvalue weighted by Gasteiger charge is -2.33. The van der Waals surface area contributed by atoms with E-state index in [0.29, 0.717) is 6.04 Å². The fourth-order valence-electron chi connectivity index (χ4n) is 2.20. The molecule has 5 heteroatoms. The van der Waals surface area contributed by atoms with Gasteiger partial charge in [0.2, 0.25) is 0 Å². The number of aliphatic hydroxyl groups is 1. The molecule has 0 amide bonds. The molecule has 0 aromatic carbocycles. The molecule has 90 valence electrons. The largest absolute Gasteiger partial charge is 0.390 e. The van der Waals surface area contributed by atoms with Crippen LogP contribution in [0.2, 0.25) is 0 Å². The molecule has 1 aromatic rings. The third kappa shape index (κ3) is 2.26. The van der Waals surface area contributed by atoms with Crippen LogP contribution in [0, 0.1) is 0 Å². The molecule has 0 fully saturated rings. The van der Waals surface area contributed by atoms with Crippen LogP contribution >= 0.6 is 0 Å². The van der Waals surface area contributed by atoms with E-state index in [-0.39, 0.29) is 6.61 Å². The first-order valence-electron chi connectivity index (χ1n) is 5.85. The fourth-order valence-corrected chi connectivity index (χ4v) is 2.20. The van der Waals surface area contributed by atoms with Crippen LogP contribution < -0.4 is 5.73 Å². The minimum atomic E-state index is 0.0250. The van der Waals surface area contributed by atoms with Gasteiger partial charge in [-0.1, -0.05) is 0 Å². The van der Waals surface area contributed by atoms with Crippen LogP contribution in [0.25, 0.3) is 0 Å². The van der Waals surface area contributed by atoms with Crippen LogP contribution in [0.15, 0.2) is 6.07 Å². The second-order valence-electron chi connectivity index (χ2n) is 4.43. The van der Waals surface area contributed by atoms with E-state index in [1.54, 1.807) is 0 Å². The summed E-state index contributed by atoms with van der Waals surface area (Å²) in [5.41, 5.74) is 7.49. The lowest BCUT2D eigenvalue weighted by atomic mass is 10.2. The highest BCUT2D eigenvalue weighted by Gasteiger charge is 2.23. The van der Waals surface area contributed by atoms with Crippen molar-refractivity contribution in [2.75, 3.05) is 13.1 Å². The van der Waals surface area contributed by atoms with Crippen LogP contribution in [-0.4, -0.2) is 38.9 Å². The number of aromatic nitrogens is 2. The zero-order valence-corrected chi connectivity index (χ0v) is 9.76. The molecule has 0 saturated heterocycles. The Morgan fingerprint density at radius 2 is 2.44 bits per heavy atom. The number of aliphatic hydroxyl groups excluding tert-OH is 1. The predicted molar refractivity (Wildman–Crippen MR) is 61.7 cm³/mol. The number of nitrogens with zero attached hydrogens (tertiary/aromatic N) is 3. The molecule has 0 aliphatic carbocycles. The minimum Gasteiger partial charge on any atom is -0.390 e. The lowest BCUT2D eigenvalue weighted by molar-refractivity contribution is 0.144. The number of hydrogen-bond acceptors (Lipinski definition) is 4. The second kappa shape index (κ2) is 4.95. The first kappa shape index (κ1) is 11.6. The summed E-state index contributed by atoms with van der Waals surface area (Å²) in [5.74, 6) is 0. The Morgan fingerprint density at radius 1 is 1.62 bits per heavy atom. The Bertz CT molecular complexity index is 350. The molecule has 0 bridgehead atoms. The van der Waals surface area contributed by atoms with Gasteiger partial charge in [-0.3, -0.25) is 9.58 Å². The van der Waals surface area contributed by atoms with Crippen LogP contribution in [0.4, 0.5) is 0 Å². The molecule has 1 aliphatic rings. The summed E-state index contributed by atoms with van der Waals surface area (Å²) in [6.07, 6.45) is 1.03. The average Bonchev–Trinajstić information content (AvgIpc) is 2.67. The molecule has 5 nitrogen and oxygen atoms in total. The molecule has 0 unspecified atom stereocenters. The van der Waals surface area contributed by atoms with E-state index in [9.17, 15) is 0 Å². The maximum absolute atomic E-state index is 9.05. The molecule has 16 heavy (non-hydrogen) atoms. The number of nitrogens with two attached hydrogens (primary N) is 1. The van der Waals surface area contributed by atoms with E-state index < -0.39 is 0 Å². The SMILES string of the molecule is C[C@@H]1Cn2nc(CO)cc2CN1CCCN. The van der Waals surface area contributed by atoms with Crippen LogP contribution in [-0.2, 0) is 19.7 Å². The maximum Gasteiger partial charge on any atom is 0.0882 e. The topological polar surface area (TPSA) is 67.3 Å². The van der Waals surface area contributed by atoms with Crippen molar-refractivity contribution in [1.29, 1.82) is 0 Å². The molecule has 0 spiro atoms. The number of hydrogen-bond donors (Lipinski definition) is 2. The monoisotopic (exact) mass is 224 g/mol. The molecule has 2 rings (SSSR count). The van der Waals surface area contributed by atoms with Gasteiger partial charge in [0.05, 0.1) is 24.5 Å². The molecule has 0 radical (unpaired) electrons. The van der Waals surface area contributed by atoms with Gasteiger partial charge in [-0.2, -0.15) is 5.10 Å². The van der Waals surface area contributed by atoms with Gasteiger partial charge in [-0.05, 0) is 26.0 Å². The Morgan fingerprint density at radius 3 is 3.12 bits per heavy atom. The highest BCUT2D eigenvalue weighted by Crippen LogP contribution is 2.18. The summed E-state index contributed by atoms with van der Waals surface area (Å²) in [5, 5.41) is 13.4. The lowest BCUT2D eigenvalue weighted by Crippen LogP contribution is -2.42. The summed E-state index contributed by atoms with van der Waals surface area (Å²) < 4.78 is 2.01. The van der Waals surface area contributed by atoms with Gasteiger partial charge in [0.15, 0.2) is 0 Å². The molecule has 3 N–H and O–H groups in total. The van der Waals surface area contributed by atoms with Gasteiger partial charge in [-0.25, -0.2) is 0 Å². The van der Waals surface area contributed by atoms with Crippen molar-refractivity contribution in [2.24, 2.45) is 5.73 Å². The Labute approximate surface area is 95.8 Å². The van der Waals surface area contributed by atoms with Gasteiger partial charge >= 0.3 is 0 Å². The highest BCUT2D eigenvalue weighted by atomic mass is 16.3. The van der Waals surface area contributed by atoms with Crippen molar-refractivity contribution in [2.45, 2.75) is 39.1 Å². The average molecular weight is 224 g/mol. The van der Waals surface area contributed by atoms with E-state index in [1.807, 2.05) is 10.7 Å². The zero-order valence-electron chi connectivity index (χ0n) is 9.76. The third-order valence-corrected chi connectivity index (χ3v) is 3.15. The van der Waals surface area contributed by atoms with Crippen molar-refractivity contribution in [1.82, 2.24) is 14.7 Å². The quantitative estimate of drug-likeness (QED) is 0.751. The number of rotatable bonds is 4. The van der Waals surface area contributed by atoms with Crippen molar-refractivity contribution >= 4 is 0 Å². The van der Waals surface area contributed by atoms with Gasteiger partial charge in [0, 0.05) is 19.1 Å². The van der Waals surface area contributed by atoms with E-state index in [4.69, 9.17) is 10.8 Å². The maximum atomic E-state index is 9.05. The summed E-state index contributed by atoms with van der Waals surface area (Å²) >= 11 is 0. The molecular formula is C11H20N4O. The van der Waals surface area contributed by atoms with E-state index >= 15 is 0 Å². The molecule has 1 aliphatic heterocycles. The Hall–Kier alpha value is -0.910. The Kier molecular flexibility index (Phi) is 3.58. The van der Waals surface area contributed by atoms with E-state index in [0.717, 1.165) is 38.3 Å². The third-order valence-electron chi connectivity index (χ3n) is 3.15. The molecule has 0 saturated carbocycles. The zero-order chi connectivity index (χ0) is 11.5. The van der Waals surface area contributed by atoms with Crippen LogP contribution in [0.1, 0.15) is 24.7 Å². The van der Waals surface area contributed by atoms with Crippen molar-refractivity contribution < 1.29 is 5.11 Å². The number of fused-ring (bicyclic) bond motifs is 1. The smallest absolute Gasteiger partial charge is 0.0882 e. The highest BCUT2D eigenvalue weighted by molar-refractivity contribution is 5.11. The van der Waals surface area contributed by atoms with Gasteiger partial charge < -0.3 is 10.8 Å². The summed E-state index contributed by atoms with van der Waals surface area (Å²) in [4.78, 5) is 2.42. The Balaban J connectivity index is 2.08. The molecule has 1 aromatic heterocycles. The normalized spacial score (nSPS) is 21.1. The predicted octanol–water partition coefficient (Wildman–Crippen LogP) is -0.0717. The molecular weight excluding hydrogens is 204 g/mol. The van der Waals surface area contributed by atoms with Crippen molar-refractivity contribution in [3.05, 3.63) is 17.5 Å². The van der Waals surface area contributed by atoms with Gasteiger partial charge in [0.1, 0.15) is 0 Å². The summed E-state index contributed by atoms with van der Waals surface area (Å²) in [7, 11) is 0. The van der Waals surface area contributed by atoms with E-state index in [1.165, 1.54) is 5.69 Å². The van der Waals surface area contributed by atoms with Crippen molar-refractivity contribution in [3.8, 4) is 0 Å². The molecule has 1 atom stereocenters. The summed E-state index contributed by atoms with van der Waals surface area (Å²) in [6.45, 7) is 5.83. The first-order valence-corrected chi connectivity index (χ1v) is 5.85. The van der Waals surface area contributed by atoms with E-state index in [2.05, 4.69) is 16.9 Å². The minimum absolute atomic E-state index is 0.0250. The molecule has 2 heterocycles. The van der Waals surface area contributed by atoms with Gasteiger partial charge in [0.25, 0.3) is 0 Å². The summed E-state index contributed by atoms with van der Waals surface area (Å²) in [6, 6.07) is 2.48. The van der Waals surface area contributed by atoms with Gasteiger partial charge in [-0.15, -0.1) is 0 Å². The van der Waals surface area contributed by atoms with Crippen LogP contribution in [0.5, 0.6) is 0 Å². The van der Waals surface area contributed by atoms with Crippen molar-refractivity contribution in [3.63, 3.8) is 0 Å². The standard InChI is InChI=1S/C11H20N4O/c1-9-6-15-11(5-10(8-16)13-15)7-14(9)4-2-3-12/h5,9,16H,2-4,6-8,12H2,1H3/t9-/m1/s1. The first-order chi connectivity index (χ1) is 7.74. The fraction of sp³-hybridized carbons (Fsp3) is 0.727.